The number of rotatable bonds is 3. The van der Waals surface area contributed by atoms with Crippen LogP contribution in [0.1, 0.15) is 43.0 Å². The zero-order chi connectivity index (χ0) is 16.6. The van der Waals surface area contributed by atoms with Gasteiger partial charge in [0.25, 0.3) is 5.91 Å². The molecule has 1 unspecified atom stereocenters. The first-order valence-electron chi connectivity index (χ1n) is 7.89. The molecule has 3 rings (SSSR count). The van der Waals surface area contributed by atoms with Crippen LogP contribution in [0.25, 0.3) is 0 Å². The van der Waals surface area contributed by atoms with Crippen LogP contribution in [0.2, 0.25) is 0 Å². The number of hydrogen-bond donors (Lipinski definition) is 1. The number of carbonyl (C=O) groups is 3. The number of carboxylic acid groups (broad SMARTS) is 1. The molecule has 23 heavy (non-hydrogen) atoms. The first-order valence-corrected chi connectivity index (χ1v) is 7.89. The van der Waals surface area contributed by atoms with Crippen molar-refractivity contribution < 1.29 is 19.5 Å². The molecule has 1 N–H and O–H groups in total. The molecule has 2 aliphatic rings. The van der Waals surface area contributed by atoms with E-state index < -0.39 is 11.5 Å². The van der Waals surface area contributed by atoms with E-state index in [1.165, 1.54) is 4.90 Å². The Bertz CT molecular complexity index is 655. The molecule has 2 aliphatic heterocycles. The fourth-order valence-electron chi connectivity index (χ4n) is 3.37. The second kappa shape index (κ2) is 5.68. The van der Waals surface area contributed by atoms with Gasteiger partial charge in [-0.05, 0) is 50.5 Å². The monoisotopic (exact) mass is 316 g/mol. The molecule has 122 valence electrons. The summed E-state index contributed by atoms with van der Waals surface area (Å²) in [4.78, 5) is 39.0. The fraction of sp³-hybridized carbons (Fsp3) is 0.471. The SMILES string of the molecule is CC1(C(=O)O)CCCN1C(=O)c1ccc(N2CCCC2=O)cc1. The maximum Gasteiger partial charge on any atom is 0.329 e. The van der Waals surface area contributed by atoms with Gasteiger partial charge in [0, 0.05) is 30.8 Å². The fourth-order valence-corrected chi connectivity index (χ4v) is 3.37. The number of carbonyl (C=O) groups excluding carboxylic acids is 2. The lowest BCUT2D eigenvalue weighted by molar-refractivity contribution is -0.147. The van der Waals surface area contributed by atoms with E-state index in [0.29, 0.717) is 37.9 Å². The molecule has 0 radical (unpaired) electrons. The van der Waals surface area contributed by atoms with Gasteiger partial charge in [-0.2, -0.15) is 0 Å². The Labute approximate surface area is 134 Å². The van der Waals surface area contributed by atoms with Crippen LogP contribution in [0, 0.1) is 0 Å². The molecule has 2 saturated heterocycles. The molecule has 2 fully saturated rings. The Hall–Kier alpha value is -2.37. The highest BCUT2D eigenvalue weighted by Gasteiger charge is 2.46. The molecule has 0 bridgehead atoms. The van der Waals surface area contributed by atoms with Gasteiger partial charge in [-0.25, -0.2) is 4.79 Å². The van der Waals surface area contributed by atoms with Crippen molar-refractivity contribution in [3.63, 3.8) is 0 Å². The van der Waals surface area contributed by atoms with Crippen LogP contribution in [-0.4, -0.2) is 46.4 Å². The predicted octanol–water partition coefficient (Wildman–Crippen LogP) is 1.89. The molecule has 0 saturated carbocycles. The summed E-state index contributed by atoms with van der Waals surface area (Å²) in [6, 6.07) is 6.85. The number of nitrogens with zero attached hydrogens (tertiary/aromatic N) is 2. The average Bonchev–Trinajstić information content (AvgIpc) is 3.13. The van der Waals surface area contributed by atoms with Crippen molar-refractivity contribution in [2.45, 2.75) is 38.1 Å². The second-order valence-corrected chi connectivity index (χ2v) is 6.34. The Balaban J connectivity index is 1.80. The summed E-state index contributed by atoms with van der Waals surface area (Å²) in [7, 11) is 0. The second-order valence-electron chi connectivity index (χ2n) is 6.34. The molecule has 1 atom stereocenters. The number of likely N-dealkylation sites (tertiary alicyclic amines) is 1. The van der Waals surface area contributed by atoms with E-state index >= 15 is 0 Å². The minimum atomic E-state index is -1.14. The highest BCUT2D eigenvalue weighted by Crippen LogP contribution is 2.31. The Morgan fingerprint density at radius 3 is 2.39 bits per heavy atom. The van der Waals surface area contributed by atoms with Crippen molar-refractivity contribution in [3.05, 3.63) is 29.8 Å². The van der Waals surface area contributed by atoms with Gasteiger partial charge in [0.15, 0.2) is 0 Å². The highest BCUT2D eigenvalue weighted by atomic mass is 16.4. The highest BCUT2D eigenvalue weighted by molar-refractivity contribution is 5.99. The van der Waals surface area contributed by atoms with Crippen molar-refractivity contribution in [1.29, 1.82) is 0 Å². The number of benzene rings is 1. The molecule has 0 aliphatic carbocycles. The largest absolute Gasteiger partial charge is 0.480 e. The predicted molar refractivity (Wildman–Crippen MR) is 84.3 cm³/mol. The third kappa shape index (κ3) is 2.58. The smallest absolute Gasteiger partial charge is 0.329 e. The molecule has 2 amide bonds. The Kier molecular flexibility index (Phi) is 3.83. The van der Waals surface area contributed by atoms with Crippen molar-refractivity contribution in [2.75, 3.05) is 18.0 Å². The van der Waals surface area contributed by atoms with Gasteiger partial charge in [-0.15, -0.1) is 0 Å². The van der Waals surface area contributed by atoms with Gasteiger partial charge in [0.05, 0.1) is 0 Å². The summed E-state index contributed by atoms with van der Waals surface area (Å²) in [5, 5.41) is 9.42. The van der Waals surface area contributed by atoms with Gasteiger partial charge >= 0.3 is 5.97 Å². The van der Waals surface area contributed by atoms with Gasteiger partial charge in [-0.3, -0.25) is 9.59 Å². The maximum atomic E-state index is 12.6. The van der Waals surface area contributed by atoms with Gasteiger partial charge in [0.1, 0.15) is 5.54 Å². The Morgan fingerprint density at radius 1 is 1.13 bits per heavy atom. The van der Waals surface area contributed by atoms with Crippen molar-refractivity contribution >= 4 is 23.5 Å². The van der Waals surface area contributed by atoms with Crippen molar-refractivity contribution in [3.8, 4) is 0 Å². The van der Waals surface area contributed by atoms with Crippen molar-refractivity contribution in [2.24, 2.45) is 0 Å². The number of amides is 2. The van der Waals surface area contributed by atoms with E-state index in [9.17, 15) is 19.5 Å². The van der Waals surface area contributed by atoms with E-state index in [2.05, 4.69) is 0 Å². The lowest BCUT2D eigenvalue weighted by atomic mass is 9.98. The van der Waals surface area contributed by atoms with Gasteiger partial charge in [0.2, 0.25) is 5.91 Å². The standard InChI is InChI=1S/C17H20N2O4/c1-17(16(22)23)9-3-11-19(17)15(21)12-5-7-13(8-6-12)18-10-2-4-14(18)20/h5-8H,2-4,9-11H2,1H3,(H,22,23). The van der Waals surface area contributed by atoms with Gasteiger partial charge < -0.3 is 14.9 Å². The van der Waals surface area contributed by atoms with Crippen LogP contribution in [-0.2, 0) is 9.59 Å². The zero-order valence-corrected chi connectivity index (χ0v) is 13.1. The van der Waals surface area contributed by atoms with E-state index in [0.717, 1.165) is 12.1 Å². The van der Waals surface area contributed by atoms with Crippen LogP contribution in [0.4, 0.5) is 5.69 Å². The molecule has 6 heteroatoms. The molecule has 1 aromatic carbocycles. The van der Waals surface area contributed by atoms with Crippen LogP contribution in [0.3, 0.4) is 0 Å². The molecule has 0 spiro atoms. The van der Waals surface area contributed by atoms with E-state index in [1.54, 1.807) is 36.1 Å². The van der Waals surface area contributed by atoms with Crippen LogP contribution >= 0.6 is 0 Å². The lowest BCUT2D eigenvalue weighted by Crippen LogP contribution is -2.50. The number of anilines is 1. The molecule has 2 heterocycles. The van der Waals surface area contributed by atoms with Gasteiger partial charge in [-0.1, -0.05) is 0 Å². The normalized spacial score (nSPS) is 24.3. The maximum absolute atomic E-state index is 12.6. The summed E-state index contributed by atoms with van der Waals surface area (Å²) < 4.78 is 0. The number of carboxylic acids is 1. The molecular weight excluding hydrogens is 296 g/mol. The molecule has 1 aromatic rings. The zero-order valence-electron chi connectivity index (χ0n) is 13.1. The third-order valence-electron chi connectivity index (χ3n) is 4.85. The van der Waals surface area contributed by atoms with E-state index in [-0.39, 0.29) is 11.8 Å². The summed E-state index contributed by atoms with van der Waals surface area (Å²) in [5.41, 5.74) is 0.0990. The topological polar surface area (TPSA) is 77.9 Å². The molecule has 6 nitrogen and oxygen atoms in total. The molecule has 0 aromatic heterocycles. The first kappa shape index (κ1) is 15.5. The summed E-state index contributed by atoms with van der Waals surface area (Å²) in [5.74, 6) is -1.14. The average molecular weight is 316 g/mol. The summed E-state index contributed by atoms with van der Waals surface area (Å²) in [6.07, 6.45) is 2.57. The van der Waals surface area contributed by atoms with E-state index in [4.69, 9.17) is 0 Å². The van der Waals surface area contributed by atoms with Crippen LogP contribution < -0.4 is 4.90 Å². The summed E-state index contributed by atoms with van der Waals surface area (Å²) >= 11 is 0. The Morgan fingerprint density at radius 2 is 1.83 bits per heavy atom. The first-order chi connectivity index (χ1) is 10.9. The lowest BCUT2D eigenvalue weighted by Gasteiger charge is -2.31. The summed E-state index contributed by atoms with van der Waals surface area (Å²) in [6.45, 7) is 2.75. The quantitative estimate of drug-likeness (QED) is 0.924. The minimum Gasteiger partial charge on any atom is -0.480 e. The van der Waals surface area contributed by atoms with E-state index in [1.807, 2.05) is 0 Å². The number of aliphatic carboxylic acids is 1. The van der Waals surface area contributed by atoms with Crippen LogP contribution in [0.15, 0.2) is 24.3 Å². The minimum absolute atomic E-state index is 0.0991. The van der Waals surface area contributed by atoms with Crippen LogP contribution in [0.5, 0.6) is 0 Å². The number of hydrogen-bond acceptors (Lipinski definition) is 3. The van der Waals surface area contributed by atoms with Crippen molar-refractivity contribution in [1.82, 2.24) is 4.90 Å². The third-order valence-corrected chi connectivity index (χ3v) is 4.85. The molecular formula is C17H20N2O4.